The topological polar surface area (TPSA) is 42.8 Å². The molecule has 1 amide bonds. The monoisotopic (exact) mass is 401 g/mol. The average Bonchev–Trinajstić information content (AvgIpc) is 2.56. The van der Waals surface area contributed by atoms with Gasteiger partial charge in [-0.05, 0) is 42.5 Å². The van der Waals surface area contributed by atoms with Crippen molar-refractivity contribution < 1.29 is 23.2 Å². The second-order valence-electron chi connectivity index (χ2n) is 5.72. The van der Waals surface area contributed by atoms with E-state index in [1.54, 1.807) is 43.5 Å². The number of rotatable bonds is 8. The lowest BCUT2D eigenvalue weighted by Gasteiger charge is -2.16. The Morgan fingerprint density at radius 1 is 1.27 bits per heavy atom. The summed E-state index contributed by atoms with van der Waals surface area (Å²) < 4.78 is 29.9. The number of anilines is 1. The van der Waals surface area contributed by atoms with Crippen LogP contribution in [0.25, 0.3) is 0 Å². The van der Waals surface area contributed by atoms with Crippen molar-refractivity contribution in [2.45, 2.75) is 17.2 Å². The van der Waals surface area contributed by atoms with Gasteiger partial charge in [-0.25, -0.2) is 0 Å². The van der Waals surface area contributed by atoms with Gasteiger partial charge < -0.3 is 15.0 Å². The third-order valence-electron chi connectivity index (χ3n) is 3.56. The molecular formula is C18H20ClF2N2O2S+. The Kier molecular flexibility index (Phi) is 7.68. The SMILES string of the molecule is COc1ccc(Cl)cc1C[NH+](C)CC(=O)Nc1ccc(SC(F)F)cc1. The summed E-state index contributed by atoms with van der Waals surface area (Å²) in [6.45, 7) is 0.810. The zero-order valence-corrected chi connectivity index (χ0v) is 16.0. The molecule has 0 aliphatic rings. The standard InChI is InChI=1S/C18H19ClF2N2O2S/c1-23(10-12-9-13(19)3-8-16(12)25-2)11-17(24)22-14-4-6-15(7-5-14)26-18(20)21/h3-9,18H,10-11H2,1-2H3,(H,22,24)/p+1. The number of carbonyl (C=O) groups excluding carboxylic acids is 1. The number of thioether (sulfide) groups is 1. The molecule has 0 heterocycles. The van der Waals surface area contributed by atoms with Gasteiger partial charge in [-0.1, -0.05) is 23.4 Å². The number of methoxy groups -OCH3 is 1. The molecule has 1 unspecified atom stereocenters. The molecule has 4 nitrogen and oxygen atoms in total. The van der Waals surface area contributed by atoms with Crippen LogP contribution in [0.15, 0.2) is 47.4 Å². The molecule has 0 saturated heterocycles. The van der Waals surface area contributed by atoms with Gasteiger partial charge in [-0.2, -0.15) is 8.78 Å². The van der Waals surface area contributed by atoms with Crippen LogP contribution in [0.5, 0.6) is 5.75 Å². The van der Waals surface area contributed by atoms with E-state index in [0.29, 0.717) is 33.9 Å². The number of benzene rings is 2. The van der Waals surface area contributed by atoms with Crippen LogP contribution in [0.2, 0.25) is 5.02 Å². The van der Waals surface area contributed by atoms with Crippen LogP contribution in [-0.4, -0.2) is 32.4 Å². The quantitative estimate of drug-likeness (QED) is 0.667. The summed E-state index contributed by atoms with van der Waals surface area (Å²) in [6.07, 6.45) is 0. The van der Waals surface area contributed by atoms with E-state index in [0.717, 1.165) is 16.2 Å². The van der Waals surface area contributed by atoms with Gasteiger partial charge in [0.2, 0.25) is 0 Å². The van der Waals surface area contributed by atoms with Crippen LogP contribution >= 0.6 is 23.4 Å². The first-order valence-corrected chi connectivity index (χ1v) is 9.11. The van der Waals surface area contributed by atoms with Crippen molar-refractivity contribution in [2.75, 3.05) is 26.0 Å². The van der Waals surface area contributed by atoms with Gasteiger partial charge in [0, 0.05) is 21.2 Å². The minimum Gasteiger partial charge on any atom is -0.496 e. The van der Waals surface area contributed by atoms with Crippen LogP contribution in [0.1, 0.15) is 5.56 Å². The number of carbonyl (C=O) groups is 1. The molecule has 0 spiro atoms. The maximum absolute atomic E-state index is 12.3. The molecule has 0 saturated carbocycles. The lowest BCUT2D eigenvalue weighted by Crippen LogP contribution is -3.08. The van der Waals surface area contributed by atoms with Gasteiger partial charge in [-0.15, -0.1) is 0 Å². The average molecular weight is 402 g/mol. The molecule has 0 fully saturated rings. The molecule has 1 atom stereocenters. The fraction of sp³-hybridized carbons (Fsp3) is 0.278. The van der Waals surface area contributed by atoms with Crippen molar-refractivity contribution >= 4 is 35.0 Å². The molecule has 140 valence electrons. The van der Waals surface area contributed by atoms with E-state index < -0.39 is 5.76 Å². The number of amides is 1. The fourth-order valence-electron chi connectivity index (χ4n) is 2.47. The molecule has 2 rings (SSSR count). The lowest BCUT2D eigenvalue weighted by atomic mass is 10.2. The molecule has 26 heavy (non-hydrogen) atoms. The number of likely N-dealkylation sites (N-methyl/N-ethyl adjacent to an activating group) is 1. The number of halogens is 3. The fourth-order valence-corrected chi connectivity index (χ4v) is 3.17. The lowest BCUT2D eigenvalue weighted by molar-refractivity contribution is -0.885. The summed E-state index contributed by atoms with van der Waals surface area (Å²) in [4.78, 5) is 13.6. The van der Waals surface area contributed by atoms with E-state index in [1.165, 1.54) is 0 Å². The van der Waals surface area contributed by atoms with Crippen LogP contribution in [0, 0.1) is 0 Å². The van der Waals surface area contributed by atoms with Crippen molar-refractivity contribution in [3.63, 3.8) is 0 Å². The third-order valence-corrected chi connectivity index (χ3v) is 4.52. The van der Waals surface area contributed by atoms with Crippen molar-refractivity contribution in [3.8, 4) is 5.75 Å². The van der Waals surface area contributed by atoms with Crippen LogP contribution in [-0.2, 0) is 11.3 Å². The van der Waals surface area contributed by atoms with Crippen LogP contribution < -0.4 is 15.0 Å². The van der Waals surface area contributed by atoms with Gasteiger partial charge in [0.25, 0.3) is 11.7 Å². The maximum atomic E-state index is 12.3. The number of nitrogens with one attached hydrogen (secondary N) is 2. The number of quaternary nitrogens is 1. The molecule has 8 heteroatoms. The first-order chi connectivity index (χ1) is 12.4. The van der Waals surface area contributed by atoms with Gasteiger partial charge >= 0.3 is 0 Å². The summed E-state index contributed by atoms with van der Waals surface area (Å²) in [7, 11) is 3.48. The van der Waals surface area contributed by atoms with Crippen molar-refractivity contribution in [1.29, 1.82) is 0 Å². The third kappa shape index (κ3) is 6.48. The number of hydrogen-bond donors (Lipinski definition) is 2. The zero-order chi connectivity index (χ0) is 19.1. The molecule has 2 N–H and O–H groups in total. The molecule has 2 aromatic carbocycles. The predicted molar refractivity (Wildman–Crippen MR) is 100 cm³/mol. The summed E-state index contributed by atoms with van der Waals surface area (Å²) in [6, 6.07) is 11.7. The number of ether oxygens (including phenoxy) is 1. The number of hydrogen-bond acceptors (Lipinski definition) is 3. The molecule has 2 aromatic rings. The Morgan fingerprint density at radius 3 is 2.58 bits per heavy atom. The summed E-state index contributed by atoms with van der Waals surface area (Å²) in [5, 5.41) is 3.38. The smallest absolute Gasteiger partial charge is 0.288 e. The largest absolute Gasteiger partial charge is 0.496 e. The van der Waals surface area contributed by atoms with E-state index in [-0.39, 0.29) is 12.5 Å². The van der Waals surface area contributed by atoms with Crippen molar-refractivity contribution in [3.05, 3.63) is 53.1 Å². The molecular weight excluding hydrogens is 382 g/mol. The van der Waals surface area contributed by atoms with E-state index in [4.69, 9.17) is 16.3 Å². The summed E-state index contributed by atoms with van der Waals surface area (Å²) >= 11 is 6.49. The van der Waals surface area contributed by atoms with E-state index in [1.807, 2.05) is 13.1 Å². The Balaban J connectivity index is 1.90. The number of alkyl halides is 2. The summed E-state index contributed by atoms with van der Waals surface area (Å²) in [5.41, 5.74) is 1.49. The minimum atomic E-state index is -2.46. The zero-order valence-electron chi connectivity index (χ0n) is 14.4. The predicted octanol–water partition coefficient (Wildman–Crippen LogP) is 3.32. The van der Waals surface area contributed by atoms with E-state index in [9.17, 15) is 13.6 Å². The molecule has 0 aliphatic carbocycles. The van der Waals surface area contributed by atoms with Crippen LogP contribution in [0.4, 0.5) is 14.5 Å². The highest BCUT2D eigenvalue weighted by Crippen LogP contribution is 2.26. The molecule has 0 aliphatic heterocycles. The Hall–Kier alpha value is -1.83. The Labute approximate surface area is 160 Å². The normalized spacial score (nSPS) is 12.1. The Morgan fingerprint density at radius 2 is 1.96 bits per heavy atom. The Bertz CT molecular complexity index is 744. The molecule has 0 aromatic heterocycles. The van der Waals surface area contributed by atoms with E-state index >= 15 is 0 Å². The van der Waals surface area contributed by atoms with Crippen LogP contribution in [0.3, 0.4) is 0 Å². The first-order valence-electron chi connectivity index (χ1n) is 7.86. The van der Waals surface area contributed by atoms with Gasteiger partial charge in [0.1, 0.15) is 12.3 Å². The molecule has 0 radical (unpaired) electrons. The highest BCUT2D eigenvalue weighted by atomic mass is 35.5. The highest BCUT2D eigenvalue weighted by Gasteiger charge is 2.14. The molecule has 0 bridgehead atoms. The highest BCUT2D eigenvalue weighted by molar-refractivity contribution is 7.99. The minimum absolute atomic E-state index is 0.169. The second kappa shape index (κ2) is 9.75. The van der Waals surface area contributed by atoms with Gasteiger partial charge in [0.05, 0.1) is 14.2 Å². The van der Waals surface area contributed by atoms with E-state index in [2.05, 4.69) is 5.32 Å². The van der Waals surface area contributed by atoms with Gasteiger partial charge in [-0.3, -0.25) is 4.79 Å². The maximum Gasteiger partial charge on any atom is 0.288 e. The van der Waals surface area contributed by atoms with Crippen molar-refractivity contribution in [1.82, 2.24) is 0 Å². The first kappa shape index (κ1) is 20.5. The van der Waals surface area contributed by atoms with Gasteiger partial charge in [0.15, 0.2) is 6.54 Å². The summed E-state index contributed by atoms with van der Waals surface area (Å²) in [5.74, 6) is -1.91. The van der Waals surface area contributed by atoms with Crippen molar-refractivity contribution in [2.24, 2.45) is 0 Å². The second-order valence-corrected chi connectivity index (χ2v) is 7.22.